The first-order chi connectivity index (χ1) is 14.1. The second kappa shape index (κ2) is 7.79. The van der Waals surface area contributed by atoms with E-state index in [1.807, 2.05) is 24.3 Å². The fraction of sp³-hybridized carbons (Fsp3) is 0.182. The van der Waals surface area contributed by atoms with Crippen molar-refractivity contribution in [1.29, 1.82) is 0 Å². The minimum absolute atomic E-state index is 0.0804. The fourth-order valence-electron chi connectivity index (χ4n) is 3.48. The van der Waals surface area contributed by atoms with E-state index in [2.05, 4.69) is 10.3 Å². The van der Waals surface area contributed by atoms with Crippen molar-refractivity contribution in [2.75, 3.05) is 18.5 Å². The van der Waals surface area contributed by atoms with Crippen molar-refractivity contribution in [3.05, 3.63) is 71.8 Å². The molecule has 0 aliphatic carbocycles. The first kappa shape index (κ1) is 18.7. The molecule has 0 atom stereocenters. The van der Waals surface area contributed by atoms with E-state index < -0.39 is 17.8 Å². The number of para-hydroxylation sites is 2. The summed E-state index contributed by atoms with van der Waals surface area (Å²) in [6.07, 6.45) is 2.00. The molecule has 1 aliphatic heterocycles. The third-order valence-electron chi connectivity index (χ3n) is 4.84. The van der Waals surface area contributed by atoms with E-state index in [1.165, 1.54) is 23.2 Å². The van der Waals surface area contributed by atoms with Gasteiger partial charge in [0, 0.05) is 23.6 Å². The number of H-pyrrole nitrogens is 1. The Morgan fingerprint density at radius 1 is 1.17 bits per heavy atom. The van der Waals surface area contributed by atoms with E-state index in [1.54, 1.807) is 19.1 Å². The van der Waals surface area contributed by atoms with Crippen molar-refractivity contribution in [2.45, 2.75) is 13.3 Å². The summed E-state index contributed by atoms with van der Waals surface area (Å²) in [7, 11) is 0. The highest BCUT2D eigenvalue weighted by molar-refractivity contribution is 6.18. The second-order valence-corrected chi connectivity index (χ2v) is 6.64. The molecular formula is C22H20FN3O3. The second-order valence-electron chi connectivity index (χ2n) is 6.64. The van der Waals surface area contributed by atoms with Crippen molar-refractivity contribution in [3.63, 3.8) is 0 Å². The van der Waals surface area contributed by atoms with Gasteiger partial charge in [0.15, 0.2) is 0 Å². The molecular weight excluding hydrogens is 373 g/mol. The molecule has 4 rings (SSSR count). The number of fused-ring (bicyclic) bond motifs is 3. The molecule has 0 spiro atoms. The lowest BCUT2D eigenvalue weighted by atomic mass is 10.0. The molecule has 1 aromatic heterocycles. The predicted octanol–water partition coefficient (Wildman–Crippen LogP) is 4.30. The molecule has 0 radical (unpaired) electrons. The molecule has 1 aliphatic rings. The molecule has 2 heterocycles. The molecule has 0 bridgehead atoms. The topological polar surface area (TPSA) is 74.4 Å². The summed E-state index contributed by atoms with van der Waals surface area (Å²) in [5.41, 5.74) is 2.85. The maximum absolute atomic E-state index is 13.9. The number of aromatic amines is 1. The van der Waals surface area contributed by atoms with Crippen molar-refractivity contribution >= 4 is 34.2 Å². The Balaban J connectivity index is 1.72. The lowest BCUT2D eigenvalue weighted by Crippen LogP contribution is -2.32. The van der Waals surface area contributed by atoms with Gasteiger partial charge in [-0.3, -0.25) is 4.90 Å². The standard InChI is InChI=1S/C22H20FN3O3/c1-2-29-21(27)16-13-26(22(28)25-19-10-6-4-8-17(19)23)12-11-15-14-7-3-5-9-18(14)24-20(15)16/h3-10,13,24H,2,11-12H2,1H3,(H,25,28). The number of nitrogens with one attached hydrogen (secondary N) is 2. The van der Waals surface area contributed by atoms with Crippen LogP contribution in [0.3, 0.4) is 0 Å². The molecule has 0 fully saturated rings. The average Bonchev–Trinajstić information content (AvgIpc) is 2.97. The number of amides is 2. The van der Waals surface area contributed by atoms with Crippen LogP contribution in [0.15, 0.2) is 54.7 Å². The van der Waals surface area contributed by atoms with Gasteiger partial charge in [-0.1, -0.05) is 30.3 Å². The van der Waals surface area contributed by atoms with Crippen LogP contribution < -0.4 is 5.32 Å². The number of ether oxygens (including phenoxy) is 1. The smallest absolute Gasteiger partial charge is 0.341 e. The van der Waals surface area contributed by atoms with E-state index in [9.17, 15) is 14.0 Å². The Kier molecular flexibility index (Phi) is 5.03. The third-order valence-corrected chi connectivity index (χ3v) is 4.84. The van der Waals surface area contributed by atoms with Gasteiger partial charge in [-0.05, 0) is 37.1 Å². The normalized spacial score (nSPS) is 13.4. The molecule has 6 nitrogen and oxygen atoms in total. The van der Waals surface area contributed by atoms with Crippen LogP contribution in [-0.4, -0.2) is 35.0 Å². The molecule has 2 N–H and O–H groups in total. The molecule has 148 valence electrons. The fourth-order valence-corrected chi connectivity index (χ4v) is 3.48. The highest BCUT2D eigenvalue weighted by Gasteiger charge is 2.27. The first-order valence-electron chi connectivity index (χ1n) is 9.39. The van der Waals surface area contributed by atoms with Crippen molar-refractivity contribution in [2.24, 2.45) is 0 Å². The lowest BCUT2D eigenvalue weighted by molar-refractivity contribution is -0.136. The quantitative estimate of drug-likeness (QED) is 0.652. The first-order valence-corrected chi connectivity index (χ1v) is 9.39. The monoisotopic (exact) mass is 393 g/mol. The number of aromatic nitrogens is 1. The van der Waals surface area contributed by atoms with Crippen LogP contribution in [0, 0.1) is 5.82 Å². The lowest BCUT2D eigenvalue weighted by Gasteiger charge is -2.18. The van der Waals surface area contributed by atoms with Gasteiger partial charge in [0.1, 0.15) is 5.82 Å². The minimum atomic E-state index is -0.526. The SMILES string of the molecule is CCOC(=O)C1=CN(C(=O)Nc2ccccc2F)CCc2c1[nH]c1ccccc21. The van der Waals surface area contributed by atoms with Gasteiger partial charge >= 0.3 is 12.0 Å². The molecule has 0 unspecified atom stereocenters. The molecule has 29 heavy (non-hydrogen) atoms. The molecule has 7 heteroatoms. The maximum Gasteiger partial charge on any atom is 0.341 e. The number of rotatable bonds is 3. The van der Waals surface area contributed by atoms with Gasteiger partial charge in [0.05, 0.1) is 23.6 Å². The number of carbonyl (C=O) groups excluding carboxylic acids is 2. The molecule has 2 amide bonds. The summed E-state index contributed by atoms with van der Waals surface area (Å²) < 4.78 is 19.1. The minimum Gasteiger partial charge on any atom is -0.462 e. The molecule has 0 saturated carbocycles. The average molecular weight is 393 g/mol. The van der Waals surface area contributed by atoms with E-state index >= 15 is 0 Å². The van der Waals surface area contributed by atoms with Crippen LogP contribution in [0.5, 0.6) is 0 Å². The van der Waals surface area contributed by atoms with E-state index in [0.717, 1.165) is 16.5 Å². The number of benzene rings is 2. The number of urea groups is 1. The Morgan fingerprint density at radius 2 is 1.93 bits per heavy atom. The highest BCUT2D eigenvalue weighted by Crippen LogP contribution is 2.31. The van der Waals surface area contributed by atoms with Gasteiger partial charge in [-0.15, -0.1) is 0 Å². The van der Waals surface area contributed by atoms with Crippen LogP contribution in [0.4, 0.5) is 14.9 Å². The Labute approximate surface area is 167 Å². The van der Waals surface area contributed by atoms with Crippen LogP contribution >= 0.6 is 0 Å². The van der Waals surface area contributed by atoms with Crippen LogP contribution in [0.2, 0.25) is 0 Å². The summed E-state index contributed by atoms with van der Waals surface area (Å²) in [5.74, 6) is -1.05. The van der Waals surface area contributed by atoms with Gasteiger partial charge < -0.3 is 15.0 Å². The van der Waals surface area contributed by atoms with E-state index in [0.29, 0.717) is 18.7 Å². The van der Waals surface area contributed by atoms with Crippen molar-refractivity contribution in [1.82, 2.24) is 9.88 Å². The summed E-state index contributed by atoms with van der Waals surface area (Å²) >= 11 is 0. The van der Waals surface area contributed by atoms with Gasteiger partial charge in [-0.2, -0.15) is 0 Å². The summed E-state index contributed by atoms with van der Waals surface area (Å²) in [6, 6.07) is 13.2. The van der Waals surface area contributed by atoms with Crippen LogP contribution in [0.1, 0.15) is 18.2 Å². The van der Waals surface area contributed by atoms with Crippen molar-refractivity contribution in [3.8, 4) is 0 Å². The van der Waals surface area contributed by atoms with Crippen molar-refractivity contribution < 1.29 is 18.7 Å². The number of esters is 1. The number of hydrogen-bond acceptors (Lipinski definition) is 3. The Morgan fingerprint density at radius 3 is 2.72 bits per heavy atom. The maximum atomic E-state index is 13.9. The summed E-state index contributed by atoms with van der Waals surface area (Å²) in [5, 5.41) is 3.55. The van der Waals surface area contributed by atoms with Crippen LogP contribution in [-0.2, 0) is 16.0 Å². The van der Waals surface area contributed by atoms with Crippen LogP contribution in [0.25, 0.3) is 16.5 Å². The zero-order valence-corrected chi connectivity index (χ0v) is 15.9. The molecule has 2 aromatic carbocycles. The number of hydrogen-bond donors (Lipinski definition) is 2. The highest BCUT2D eigenvalue weighted by atomic mass is 19.1. The number of nitrogens with zero attached hydrogens (tertiary/aromatic N) is 1. The summed E-state index contributed by atoms with van der Waals surface area (Å²) in [4.78, 5) is 30.1. The van der Waals surface area contributed by atoms with Gasteiger partial charge in [-0.25, -0.2) is 14.0 Å². The number of carbonyl (C=O) groups is 2. The largest absolute Gasteiger partial charge is 0.462 e. The third kappa shape index (κ3) is 3.59. The van der Waals surface area contributed by atoms with E-state index in [-0.39, 0.29) is 17.9 Å². The number of anilines is 1. The molecule has 3 aromatic rings. The number of halogens is 1. The van der Waals surface area contributed by atoms with E-state index in [4.69, 9.17) is 4.74 Å². The zero-order chi connectivity index (χ0) is 20.4. The Hall–Kier alpha value is -3.61. The predicted molar refractivity (Wildman–Crippen MR) is 109 cm³/mol. The zero-order valence-electron chi connectivity index (χ0n) is 15.9. The molecule has 0 saturated heterocycles. The van der Waals surface area contributed by atoms with Gasteiger partial charge in [0.2, 0.25) is 0 Å². The summed E-state index contributed by atoms with van der Waals surface area (Å²) in [6.45, 7) is 2.27. The van der Waals surface area contributed by atoms with Gasteiger partial charge in [0.25, 0.3) is 0 Å². The Bertz CT molecular complexity index is 1120.